The Labute approximate surface area is 146 Å². The van der Waals surface area contributed by atoms with Gasteiger partial charge in [0.05, 0.1) is 6.42 Å². The molecular weight excluding hydrogens is 324 g/mol. The van der Waals surface area contributed by atoms with Gasteiger partial charge in [-0.3, -0.25) is 14.4 Å². The maximum atomic E-state index is 12.5. The van der Waals surface area contributed by atoms with E-state index in [-0.39, 0.29) is 36.6 Å². The monoisotopic (exact) mass is 348 g/mol. The number of carbonyl (C=O) groups excluding carboxylic acids is 2. The molecule has 2 amide bonds. The lowest BCUT2D eigenvalue weighted by Gasteiger charge is -2.28. The number of rotatable bonds is 5. The number of hydrogen-bond donors (Lipinski definition) is 2. The molecule has 0 aliphatic carbocycles. The molecule has 1 aliphatic heterocycles. The van der Waals surface area contributed by atoms with Gasteiger partial charge in [0.1, 0.15) is 12.3 Å². The van der Waals surface area contributed by atoms with Gasteiger partial charge in [0.25, 0.3) is 0 Å². The Bertz CT molecular complexity index is 629. The molecule has 0 saturated carbocycles. The number of phenolic OH excluding ortho intramolecular Hbond substituents is 1. The van der Waals surface area contributed by atoms with Crippen molar-refractivity contribution < 1.29 is 24.6 Å². The third-order valence-electron chi connectivity index (χ3n) is 4.49. The molecule has 1 aromatic rings. The fourth-order valence-corrected chi connectivity index (χ4v) is 3.18. The zero-order valence-electron chi connectivity index (χ0n) is 14.4. The molecule has 1 atom stereocenters. The summed E-state index contributed by atoms with van der Waals surface area (Å²) in [5, 5.41) is 18.3. The lowest BCUT2D eigenvalue weighted by Crippen LogP contribution is -2.43. The maximum Gasteiger partial charge on any atom is 0.323 e. The molecule has 1 fully saturated rings. The van der Waals surface area contributed by atoms with Gasteiger partial charge in [-0.25, -0.2) is 0 Å². The molecule has 1 heterocycles. The molecule has 0 radical (unpaired) electrons. The van der Waals surface area contributed by atoms with Gasteiger partial charge >= 0.3 is 5.97 Å². The van der Waals surface area contributed by atoms with Crippen LogP contribution in [0, 0.1) is 0 Å². The molecule has 1 aliphatic rings. The second kappa shape index (κ2) is 8.50. The summed E-state index contributed by atoms with van der Waals surface area (Å²) in [6.07, 6.45) is 2.26. The molecule has 0 spiro atoms. The molecular formula is C18H24N2O5. The van der Waals surface area contributed by atoms with Gasteiger partial charge in [-0.05, 0) is 37.0 Å². The van der Waals surface area contributed by atoms with Crippen molar-refractivity contribution in [3.05, 3.63) is 29.8 Å². The number of hydrogen-bond acceptors (Lipinski definition) is 4. The summed E-state index contributed by atoms with van der Waals surface area (Å²) in [6, 6.07) is 6.39. The first-order valence-electron chi connectivity index (χ1n) is 8.41. The third kappa shape index (κ3) is 5.48. The van der Waals surface area contributed by atoms with E-state index in [2.05, 4.69) is 0 Å². The Morgan fingerprint density at radius 1 is 1.16 bits per heavy atom. The van der Waals surface area contributed by atoms with Gasteiger partial charge in [0, 0.05) is 26.1 Å². The number of carboxylic acids is 1. The summed E-state index contributed by atoms with van der Waals surface area (Å²) in [7, 11) is 0. The molecule has 136 valence electrons. The van der Waals surface area contributed by atoms with Crippen molar-refractivity contribution in [1.29, 1.82) is 0 Å². The van der Waals surface area contributed by atoms with E-state index < -0.39 is 5.97 Å². The number of benzene rings is 1. The van der Waals surface area contributed by atoms with E-state index in [9.17, 15) is 19.5 Å². The summed E-state index contributed by atoms with van der Waals surface area (Å²) < 4.78 is 0. The first-order chi connectivity index (χ1) is 11.9. The fraction of sp³-hybridized carbons (Fsp3) is 0.500. The largest absolute Gasteiger partial charge is 0.508 e. The van der Waals surface area contributed by atoms with E-state index in [4.69, 9.17) is 5.11 Å². The minimum absolute atomic E-state index is 0.000973. The van der Waals surface area contributed by atoms with E-state index in [1.54, 1.807) is 29.2 Å². The highest BCUT2D eigenvalue weighted by Crippen LogP contribution is 2.18. The normalized spacial score (nSPS) is 17.6. The molecule has 7 nitrogen and oxygen atoms in total. The van der Waals surface area contributed by atoms with Crippen LogP contribution in [0.4, 0.5) is 0 Å². The lowest BCUT2D eigenvalue weighted by atomic mass is 10.1. The smallest absolute Gasteiger partial charge is 0.323 e. The molecule has 0 aromatic heterocycles. The maximum absolute atomic E-state index is 12.5. The van der Waals surface area contributed by atoms with Crippen LogP contribution in [0.15, 0.2) is 24.3 Å². The van der Waals surface area contributed by atoms with Crippen LogP contribution in [0.3, 0.4) is 0 Å². The summed E-state index contributed by atoms with van der Waals surface area (Å²) in [5.41, 5.74) is 0.833. The number of nitrogens with zero attached hydrogens (tertiary/aromatic N) is 2. The topological polar surface area (TPSA) is 98.2 Å². The second-order valence-electron chi connectivity index (χ2n) is 6.35. The van der Waals surface area contributed by atoms with E-state index in [0.29, 0.717) is 25.9 Å². The molecule has 2 N–H and O–H groups in total. The number of phenols is 1. The second-order valence-corrected chi connectivity index (χ2v) is 6.35. The van der Waals surface area contributed by atoms with Crippen molar-refractivity contribution in [2.24, 2.45) is 0 Å². The number of aromatic hydroxyl groups is 1. The predicted octanol–water partition coefficient (Wildman–Crippen LogP) is 1.25. The fourth-order valence-electron chi connectivity index (χ4n) is 3.18. The van der Waals surface area contributed by atoms with Crippen molar-refractivity contribution in [1.82, 2.24) is 9.80 Å². The van der Waals surface area contributed by atoms with Gasteiger partial charge in [0.15, 0.2) is 0 Å². The highest BCUT2D eigenvalue weighted by atomic mass is 16.4. The van der Waals surface area contributed by atoms with Crippen LogP contribution in [-0.4, -0.2) is 63.5 Å². The van der Waals surface area contributed by atoms with Crippen LogP contribution in [0.25, 0.3) is 0 Å². The minimum Gasteiger partial charge on any atom is -0.508 e. The number of likely N-dealkylation sites (tertiary alicyclic amines) is 1. The van der Waals surface area contributed by atoms with Crippen LogP contribution in [0.5, 0.6) is 5.75 Å². The Balaban J connectivity index is 1.95. The molecule has 2 rings (SSSR count). The number of aliphatic carboxylic acids is 1. The van der Waals surface area contributed by atoms with Crippen molar-refractivity contribution in [3.8, 4) is 5.75 Å². The molecule has 7 heteroatoms. The number of carbonyl (C=O) groups is 3. The highest BCUT2D eigenvalue weighted by molar-refractivity contribution is 5.80. The number of amides is 2. The van der Waals surface area contributed by atoms with Crippen LogP contribution in [-0.2, 0) is 20.8 Å². The van der Waals surface area contributed by atoms with Crippen LogP contribution < -0.4 is 0 Å². The van der Waals surface area contributed by atoms with Gasteiger partial charge in [-0.15, -0.1) is 0 Å². The van der Waals surface area contributed by atoms with E-state index >= 15 is 0 Å². The Kier molecular flexibility index (Phi) is 6.38. The zero-order chi connectivity index (χ0) is 18.4. The van der Waals surface area contributed by atoms with E-state index in [1.165, 1.54) is 11.8 Å². The molecule has 1 unspecified atom stereocenters. The van der Waals surface area contributed by atoms with E-state index in [1.807, 2.05) is 0 Å². The summed E-state index contributed by atoms with van der Waals surface area (Å²) in [6.45, 7) is 2.18. The van der Waals surface area contributed by atoms with Gasteiger partial charge in [0.2, 0.25) is 11.8 Å². The van der Waals surface area contributed by atoms with Crippen LogP contribution in [0.2, 0.25) is 0 Å². The standard InChI is InChI=1S/C18H24N2O5/c1-13(21)20(12-18(24)25)15-3-2-9-19(10-8-15)17(23)11-14-4-6-16(22)7-5-14/h4-7,15,22H,2-3,8-12H2,1H3,(H,24,25). The highest BCUT2D eigenvalue weighted by Gasteiger charge is 2.27. The Morgan fingerprint density at radius 3 is 2.44 bits per heavy atom. The molecule has 1 saturated heterocycles. The van der Waals surface area contributed by atoms with Crippen LogP contribution in [0.1, 0.15) is 31.7 Å². The van der Waals surface area contributed by atoms with Crippen LogP contribution >= 0.6 is 0 Å². The van der Waals surface area contributed by atoms with Gasteiger partial charge in [-0.1, -0.05) is 12.1 Å². The Hall–Kier alpha value is -2.57. The first kappa shape index (κ1) is 18.8. The Morgan fingerprint density at radius 2 is 1.84 bits per heavy atom. The number of carboxylic acid groups (broad SMARTS) is 1. The quantitative estimate of drug-likeness (QED) is 0.834. The average molecular weight is 348 g/mol. The lowest BCUT2D eigenvalue weighted by molar-refractivity contribution is -0.145. The van der Waals surface area contributed by atoms with Gasteiger partial charge in [-0.2, -0.15) is 0 Å². The van der Waals surface area contributed by atoms with Crippen molar-refractivity contribution >= 4 is 17.8 Å². The SMILES string of the molecule is CC(=O)N(CC(=O)O)C1CCCN(C(=O)Cc2ccc(O)cc2)CC1. The molecule has 1 aromatic carbocycles. The summed E-state index contributed by atoms with van der Waals surface area (Å²) >= 11 is 0. The summed E-state index contributed by atoms with van der Waals surface area (Å²) in [4.78, 5) is 38.3. The van der Waals surface area contributed by atoms with Crippen molar-refractivity contribution in [2.75, 3.05) is 19.6 Å². The van der Waals surface area contributed by atoms with Gasteiger partial charge < -0.3 is 20.0 Å². The first-order valence-corrected chi connectivity index (χ1v) is 8.41. The zero-order valence-corrected chi connectivity index (χ0v) is 14.4. The van der Waals surface area contributed by atoms with E-state index in [0.717, 1.165) is 12.0 Å². The minimum atomic E-state index is -1.03. The molecule has 25 heavy (non-hydrogen) atoms. The predicted molar refractivity (Wildman–Crippen MR) is 91.1 cm³/mol. The molecule has 0 bridgehead atoms. The third-order valence-corrected chi connectivity index (χ3v) is 4.49. The van der Waals surface area contributed by atoms with Crippen molar-refractivity contribution in [2.45, 2.75) is 38.6 Å². The summed E-state index contributed by atoms with van der Waals surface area (Å²) in [5.74, 6) is -1.12. The average Bonchev–Trinajstić information content (AvgIpc) is 2.80. The van der Waals surface area contributed by atoms with Crippen molar-refractivity contribution in [3.63, 3.8) is 0 Å².